The lowest BCUT2D eigenvalue weighted by atomic mass is 9.98. The van der Waals surface area contributed by atoms with Crippen LogP contribution in [0.2, 0.25) is 0 Å². The lowest BCUT2D eigenvalue weighted by Crippen LogP contribution is -2.23. The number of anilines is 1. The Morgan fingerprint density at radius 3 is 2.53 bits per heavy atom. The Bertz CT molecular complexity index is 1380. The summed E-state index contributed by atoms with van der Waals surface area (Å²) in [5, 5.41) is 17.2. The maximum Gasteiger partial charge on any atom is 0.286 e. The standard InChI is InChI=1S/C28H26N4O3S/c1-31(2)21-12-10-20(11-13-21)23-17-22(19-7-5-4-6-8-19)30-32(23)28-29-27(34)26(36-28)16-18-9-14-24(33)25(15-18)35-3/h4-16,23,33H,17H2,1-3H3/b26-16-. The number of benzene rings is 3. The summed E-state index contributed by atoms with van der Waals surface area (Å²) in [4.78, 5) is 19.8. The number of ether oxygens (including phenoxy) is 1. The third kappa shape index (κ3) is 4.72. The van der Waals surface area contributed by atoms with Crippen LogP contribution in [0.1, 0.15) is 29.2 Å². The lowest BCUT2D eigenvalue weighted by molar-refractivity contribution is -0.113. The van der Waals surface area contributed by atoms with Gasteiger partial charge in [-0.25, -0.2) is 5.01 Å². The quantitative estimate of drug-likeness (QED) is 0.482. The van der Waals surface area contributed by atoms with Gasteiger partial charge in [0.2, 0.25) is 0 Å². The summed E-state index contributed by atoms with van der Waals surface area (Å²) in [5.41, 5.74) is 4.96. The van der Waals surface area contributed by atoms with Gasteiger partial charge in [-0.3, -0.25) is 4.79 Å². The van der Waals surface area contributed by atoms with Gasteiger partial charge in [0.25, 0.3) is 5.91 Å². The smallest absolute Gasteiger partial charge is 0.286 e. The first-order valence-corrected chi connectivity index (χ1v) is 12.3. The Balaban J connectivity index is 1.46. The number of phenols is 1. The Labute approximate surface area is 214 Å². The molecule has 0 saturated carbocycles. The van der Waals surface area contributed by atoms with Crippen molar-refractivity contribution in [1.29, 1.82) is 0 Å². The summed E-state index contributed by atoms with van der Waals surface area (Å²) in [5.74, 6) is 0.0795. The largest absolute Gasteiger partial charge is 0.504 e. The second-order valence-electron chi connectivity index (χ2n) is 8.70. The van der Waals surface area contributed by atoms with Crippen molar-refractivity contribution in [2.45, 2.75) is 12.5 Å². The van der Waals surface area contributed by atoms with Crippen LogP contribution in [0.3, 0.4) is 0 Å². The molecule has 0 aliphatic carbocycles. The molecule has 182 valence electrons. The topological polar surface area (TPSA) is 77.7 Å². The van der Waals surface area contributed by atoms with E-state index in [0.29, 0.717) is 22.2 Å². The molecule has 2 heterocycles. The molecule has 2 aliphatic rings. The third-order valence-corrected chi connectivity index (χ3v) is 7.09. The van der Waals surface area contributed by atoms with Crippen molar-refractivity contribution >= 4 is 40.3 Å². The van der Waals surface area contributed by atoms with E-state index in [1.54, 1.807) is 24.3 Å². The fourth-order valence-electron chi connectivity index (χ4n) is 4.18. The van der Waals surface area contributed by atoms with Gasteiger partial charge >= 0.3 is 0 Å². The monoisotopic (exact) mass is 498 g/mol. The van der Waals surface area contributed by atoms with Crippen LogP contribution in [-0.4, -0.2) is 48.1 Å². The zero-order valence-electron chi connectivity index (χ0n) is 20.3. The number of carbonyl (C=O) groups is 1. The van der Waals surface area contributed by atoms with Crippen LogP contribution in [0, 0.1) is 0 Å². The molecule has 3 aromatic rings. The SMILES string of the molecule is COc1cc(/C=C2\SC(N3N=C(c4ccccc4)CC3c3ccc(N(C)C)cc3)=NC2=O)ccc1O. The molecule has 1 N–H and O–H groups in total. The highest BCUT2D eigenvalue weighted by Gasteiger charge is 2.36. The Morgan fingerprint density at radius 1 is 1.08 bits per heavy atom. The highest BCUT2D eigenvalue weighted by atomic mass is 32.2. The molecule has 2 aliphatic heterocycles. The number of nitrogens with zero attached hydrogens (tertiary/aromatic N) is 4. The van der Waals surface area contributed by atoms with E-state index in [4.69, 9.17) is 9.84 Å². The number of hydrazone groups is 1. The molecule has 1 amide bonds. The van der Waals surface area contributed by atoms with Crippen molar-refractivity contribution in [2.75, 3.05) is 26.1 Å². The van der Waals surface area contributed by atoms with Crippen LogP contribution in [0.5, 0.6) is 11.5 Å². The number of thioether (sulfide) groups is 1. The predicted molar refractivity (Wildman–Crippen MR) is 146 cm³/mol. The second-order valence-corrected chi connectivity index (χ2v) is 9.71. The molecule has 0 saturated heterocycles. The molecule has 0 aromatic heterocycles. The van der Waals surface area contributed by atoms with E-state index in [9.17, 15) is 9.90 Å². The Kier molecular flexibility index (Phi) is 6.52. The van der Waals surface area contributed by atoms with Gasteiger partial charge in [-0.2, -0.15) is 10.1 Å². The number of rotatable bonds is 5. The molecule has 3 aromatic carbocycles. The van der Waals surface area contributed by atoms with E-state index in [1.807, 2.05) is 49.4 Å². The normalized spacial score (nSPS) is 18.4. The molecular weight excluding hydrogens is 472 g/mol. The van der Waals surface area contributed by atoms with Gasteiger partial charge in [0.15, 0.2) is 16.7 Å². The summed E-state index contributed by atoms with van der Waals surface area (Å²) < 4.78 is 5.19. The summed E-state index contributed by atoms with van der Waals surface area (Å²) in [6.07, 6.45) is 2.46. The minimum atomic E-state index is -0.313. The van der Waals surface area contributed by atoms with Gasteiger partial charge in [-0.05, 0) is 58.8 Å². The number of phenolic OH excluding ortho intramolecular Hbond substituents is 1. The third-order valence-electron chi connectivity index (χ3n) is 6.12. The first-order valence-electron chi connectivity index (χ1n) is 11.5. The molecule has 0 bridgehead atoms. The predicted octanol–water partition coefficient (Wildman–Crippen LogP) is 5.29. The number of methoxy groups -OCH3 is 1. The number of amidine groups is 1. The van der Waals surface area contributed by atoms with Crippen molar-refractivity contribution in [2.24, 2.45) is 10.1 Å². The van der Waals surface area contributed by atoms with Crippen LogP contribution in [0.4, 0.5) is 5.69 Å². The van der Waals surface area contributed by atoms with E-state index in [-0.39, 0.29) is 17.7 Å². The van der Waals surface area contributed by atoms with Gasteiger partial charge in [0, 0.05) is 26.2 Å². The van der Waals surface area contributed by atoms with Gasteiger partial charge in [-0.15, -0.1) is 0 Å². The number of carbonyl (C=O) groups excluding carboxylic acids is 1. The van der Waals surface area contributed by atoms with Crippen molar-refractivity contribution in [1.82, 2.24) is 5.01 Å². The molecule has 8 heteroatoms. The van der Waals surface area contributed by atoms with Gasteiger partial charge in [0.1, 0.15) is 0 Å². The summed E-state index contributed by atoms with van der Waals surface area (Å²) in [7, 11) is 5.52. The Hall–Kier alpha value is -4.04. The minimum absolute atomic E-state index is 0.0463. The molecule has 1 atom stereocenters. The van der Waals surface area contributed by atoms with E-state index < -0.39 is 0 Å². The number of hydrogen-bond donors (Lipinski definition) is 1. The van der Waals surface area contributed by atoms with Crippen LogP contribution in [0.25, 0.3) is 6.08 Å². The van der Waals surface area contributed by atoms with Crippen LogP contribution < -0.4 is 9.64 Å². The first kappa shape index (κ1) is 23.7. The fraction of sp³-hybridized carbons (Fsp3) is 0.179. The number of aliphatic imine (C=N–C) groups is 1. The van der Waals surface area contributed by atoms with Gasteiger partial charge in [0.05, 0.1) is 23.8 Å². The number of amides is 1. The molecule has 5 rings (SSSR count). The average molecular weight is 499 g/mol. The lowest BCUT2D eigenvalue weighted by Gasteiger charge is -2.23. The van der Waals surface area contributed by atoms with Crippen molar-refractivity contribution in [3.8, 4) is 11.5 Å². The van der Waals surface area contributed by atoms with E-state index in [2.05, 4.69) is 34.2 Å². The van der Waals surface area contributed by atoms with E-state index in [0.717, 1.165) is 28.1 Å². The summed E-state index contributed by atoms with van der Waals surface area (Å²) >= 11 is 1.30. The van der Waals surface area contributed by atoms with Gasteiger partial charge < -0.3 is 14.7 Å². The number of hydrogen-bond acceptors (Lipinski definition) is 7. The fourth-order valence-corrected chi connectivity index (χ4v) is 5.09. The van der Waals surface area contributed by atoms with Crippen molar-refractivity contribution in [3.05, 3.63) is 94.4 Å². The molecule has 0 radical (unpaired) electrons. The van der Waals surface area contributed by atoms with E-state index in [1.165, 1.54) is 18.9 Å². The van der Waals surface area contributed by atoms with Gasteiger partial charge in [-0.1, -0.05) is 48.5 Å². The molecule has 36 heavy (non-hydrogen) atoms. The van der Waals surface area contributed by atoms with Crippen molar-refractivity contribution < 1.29 is 14.6 Å². The minimum Gasteiger partial charge on any atom is -0.504 e. The molecule has 0 fully saturated rings. The van der Waals surface area contributed by atoms with Crippen LogP contribution in [-0.2, 0) is 4.79 Å². The molecule has 0 spiro atoms. The summed E-state index contributed by atoms with van der Waals surface area (Å²) in [6, 6.07) is 23.4. The maximum absolute atomic E-state index is 12.8. The first-order chi connectivity index (χ1) is 17.4. The molecule has 1 unspecified atom stereocenters. The highest BCUT2D eigenvalue weighted by Crippen LogP contribution is 2.40. The number of aromatic hydroxyl groups is 1. The Morgan fingerprint density at radius 2 is 1.83 bits per heavy atom. The van der Waals surface area contributed by atoms with Crippen LogP contribution in [0.15, 0.2) is 87.8 Å². The van der Waals surface area contributed by atoms with E-state index >= 15 is 0 Å². The molecule has 7 nitrogen and oxygen atoms in total. The zero-order valence-corrected chi connectivity index (χ0v) is 21.1. The second kappa shape index (κ2) is 9.91. The summed E-state index contributed by atoms with van der Waals surface area (Å²) in [6.45, 7) is 0. The van der Waals surface area contributed by atoms with Crippen molar-refractivity contribution in [3.63, 3.8) is 0 Å². The zero-order chi connectivity index (χ0) is 25.2. The maximum atomic E-state index is 12.8. The highest BCUT2D eigenvalue weighted by molar-refractivity contribution is 8.18. The molecular formula is C28H26N4O3S. The van der Waals surface area contributed by atoms with Crippen LogP contribution >= 0.6 is 11.8 Å². The average Bonchev–Trinajstić information content (AvgIpc) is 3.50.